The zero-order valence-corrected chi connectivity index (χ0v) is 17.4. The number of hydrogen-bond acceptors (Lipinski definition) is 5. The highest BCUT2D eigenvalue weighted by Gasteiger charge is 2.24. The average molecular weight is 415 g/mol. The van der Waals surface area contributed by atoms with Gasteiger partial charge in [0, 0.05) is 38.1 Å². The lowest BCUT2D eigenvalue weighted by Gasteiger charge is -2.37. The maximum Gasteiger partial charge on any atom is 0.255 e. The number of anilines is 2. The van der Waals surface area contributed by atoms with Crippen molar-refractivity contribution in [3.05, 3.63) is 90.1 Å². The van der Waals surface area contributed by atoms with Gasteiger partial charge in [0.15, 0.2) is 0 Å². The molecule has 0 bridgehead atoms. The van der Waals surface area contributed by atoms with E-state index < -0.39 is 6.04 Å². The molecule has 1 amide bonds. The van der Waals surface area contributed by atoms with Crippen molar-refractivity contribution in [3.63, 3.8) is 0 Å². The highest BCUT2D eigenvalue weighted by molar-refractivity contribution is 6.00. The first-order valence-electron chi connectivity index (χ1n) is 10.5. The molecule has 1 N–H and O–H groups in total. The van der Waals surface area contributed by atoms with Gasteiger partial charge in [-0.1, -0.05) is 48.5 Å². The zero-order valence-electron chi connectivity index (χ0n) is 17.4. The summed E-state index contributed by atoms with van der Waals surface area (Å²) in [7, 11) is 0. The molecule has 6 nitrogen and oxygen atoms in total. The summed E-state index contributed by atoms with van der Waals surface area (Å²) < 4.78 is 0. The lowest BCUT2D eigenvalue weighted by molar-refractivity contribution is -0.109. The number of amides is 1. The van der Waals surface area contributed by atoms with E-state index in [4.69, 9.17) is 0 Å². The number of rotatable bonds is 7. The topological polar surface area (TPSA) is 65.5 Å². The van der Waals surface area contributed by atoms with Gasteiger partial charge in [0.05, 0.1) is 11.6 Å². The molecule has 6 heteroatoms. The van der Waals surface area contributed by atoms with Crippen LogP contribution in [0.5, 0.6) is 0 Å². The lowest BCUT2D eigenvalue weighted by atomic mass is 10.1. The largest absolute Gasteiger partial charge is 0.368 e. The molecule has 1 fully saturated rings. The van der Waals surface area contributed by atoms with Crippen molar-refractivity contribution in [2.75, 3.05) is 36.0 Å². The van der Waals surface area contributed by atoms with Crippen LogP contribution in [-0.4, -0.2) is 49.4 Å². The summed E-state index contributed by atoms with van der Waals surface area (Å²) in [6, 6.07) is 22.9. The maximum atomic E-state index is 13.0. The number of benzene rings is 2. The number of nitrogens with zero attached hydrogens (tertiary/aromatic N) is 3. The summed E-state index contributed by atoms with van der Waals surface area (Å²) in [6.07, 6.45) is 2.96. The first-order valence-corrected chi connectivity index (χ1v) is 10.5. The molecule has 1 unspecified atom stereocenters. The van der Waals surface area contributed by atoms with Crippen LogP contribution < -0.4 is 15.1 Å². The second-order valence-electron chi connectivity index (χ2n) is 7.59. The second-order valence-corrected chi connectivity index (χ2v) is 7.59. The zero-order chi connectivity index (χ0) is 21.5. The van der Waals surface area contributed by atoms with Gasteiger partial charge >= 0.3 is 0 Å². The van der Waals surface area contributed by atoms with Gasteiger partial charge in [-0.25, -0.2) is 4.98 Å². The van der Waals surface area contributed by atoms with E-state index in [1.807, 2.05) is 48.5 Å². The average Bonchev–Trinajstić information content (AvgIpc) is 2.85. The summed E-state index contributed by atoms with van der Waals surface area (Å²) in [4.78, 5) is 33.6. The smallest absolute Gasteiger partial charge is 0.255 e. The first kappa shape index (κ1) is 20.6. The molecular weight excluding hydrogens is 388 g/mol. The van der Waals surface area contributed by atoms with E-state index in [0.717, 1.165) is 38.0 Å². The maximum absolute atomic E-state index is 13.0. The molecule has 31 heavy (non-hydrogen) atoms. The minimum Gasteiger partial charge on any atom is -0.368 e. The fourth-order valence-corrected chi connectivity index (χ4v) is 3.89. The molecule has 0 radical (unpaired) electrons. The summed E-state index contributed by atoms with van der Waals surface area (Å²) in [6.45, 7) is 3.25. The molecule has 158 valence electrons. The van der Waals surface area contributed by atoms with Crippen LogP contribution in [-0.2, 0) is 11.2 Å². The summed E-state index contributed by atoms with van der Waals surface area (Å²) in [5.41, 5.74) is 2.70. The van der Waals surface area contributed by atoms with E-state index in [9.17, 15) is 9.59 Å². The number of piperazine rings is 1. The van der Waals surface area contributed by atoms with Crippen molar-refractivity contribution in [2.45, 2.75) is 12.5 Å². The molecule has 1 aliphatic heterocycles. The normalized spacial score (nSPS) is 14.7. The number of carbonyl (C=O) groups excluding carboxylic acids is 2. The van der Waals surface area contributed by atoms with Crippen LogP contribution in [0.25, 0.3) is 0 Å². The van der Waals surface area contributed by atoms with Gasteiger partial charge in [-0.15, -0.1) is 0 Å². The summed E-state index contributed by atoms with van der Waals surface area (Å²) in [5, 5.41) is 2.86. The third-order valence-electron chi connectivity index (χ3n) is 5.51. The van der Waals surface area contributed by atoms with E-state index in [2.05, 4.69) is 32.2 Å². The molecule has 0 saturated carbocycles. The molecule has 4 rings (SSSR count). The van der Waals surface area contributed by atoms with E-state index in [1.165, 1.54) is 5.69 Å². The Morgan fingerprint density at radius 2 is 1.55 bits per heavy atom. The van der Waals surface area contributed by atoms with E-state index in [1.54, 1.807) is 18.3 Å². The van der Waals surface area contributed by atoms with Crippen molar-refractivity contribution in [1.29, 1.82) is 0 Å². The Kier molecular flexibility index (Phi) is 6.57. The van der Waals surface area contributed by atoms with E-state index in [0.29, 0.717) is 17.8 Å². The third kappa shape index (κ3) is 5.09. The number of aromatic nitrogens is 1. The Hall–Kier alpha value is -3.67. The van der Waals surface area contributed by atoms with Gasteiger partial charge < -0.3 is 19.9 Å². The van der Waals surface area contributed by atoms with Crippen LogP contribution in [0.1, 0.15) is 15.9 Å². The Morgan fingerprint density at radius 3 is 2.23 bits per heavy atom. The van der Waals surface area contributed by atoms with Gasteiger partial charge in [0.1, 0.15) is 12.1 Å². The fraction of sp³-hybridized carbons (Fsp3) is 0.240. The van der Waals surface area contributed by atoms with Crippen LogP contribution in [0.4, 0.5) is 11.5 Å². The number of hydrogen-bond donors (Lipinski definition) is 1. The summed E-state index contributed by atoms with van der Waals surface area (Å²) in [5.74, 6) is 0.388. The SMILES string of the molecule is O=CC(Cc1ccccc1)NC(=O)c1cccnc1N1CCN(c2ccccc2)CC1. The number of pyridine rings is 1. The number of aldehydes is 1. The molecule has 3 aromatic rings. The third-order valence-corrected chi connectivity index (χ3v) is 5.51. The lowest BCUT2D eigenvalue weighted by Crippen LogP contribution is -2.47. The van der Waals surface area contributed by atoms with Crippen molar-refractivity contribution in [3.8, 4) is 0 Å². The van der Waals surface area contributed by atoms with Crippen molar-refractivity contribution >= 4 is 23.7 Å². The Morgan fingerprint density at radius 1 is 0.903 bits per heavy atom. The van der Waals surface area contributed by atoms with Gasteiger partial charge in [-0.2, -0.15) is 0 Å². The molecule has 2 heterocycles. The molecule has 1 aromatic heterocycles. The predicted molar refractivity (Wildman–Crippen MR) is 123 cm³/mol. The number of carbonyl (C=O) groups is 2. The van der Waals surface area contributed by atoms with E-state index >= 15 is 0 Å². The van der Waals surface area contributed by atoms with Gasteiger partial charge in [0.25, 0.3) is 5.91 Å². The highest BCUT2D eigenvalue weighted by atomic mass is 16.2. The monoisotopic (exact) mass is 414 g/mol. The van der Waals surface area contributed by atoms with Crippen molar-refractivity contribution < 1.29 is 9.59 Å². The van der Waals surface area contributed by atoms with Crippen LogP contribution in [0.2, 0.25) is 0 Å². The molecule has 0 spiro atoms. The Labute approximate surface area is 182 Å². The standard InChI is InChI=1S/C25H26N4O2/c30-19-21(18-20-8-3-1-4-9-20)27-25(31)23-12-7-13-26-24(23)29-16-14-28(15-17-29)22-10-5-2-6-11-22/h1-13,19,21H,14-18H2,(H,27,31). The van der Waals surface area contributed by atoms with Crippen molar-refractivity contribution in [1.82, 2.24) is 10.3 Å². The van der Waals surface area contributed by atoms with Crippen molar-refractivity contribution in [2.24, 2.45) is 0 Å². The molecule has 1 saturated heterocycles. The first-order chi connectivity index (χ1) is 15.2. The van der Waals surface area contributed by atoms with Crippen LogP contribution in [0.3, 0.4) is 0 Å². The quantitative estimate of drug-likeness (QED) is 0.602. The molecule has 1 atom stereocenters. The molecular formula is C25H26N4O2. The molecule has 2 aromatic carbocycles. The van der Waals surface area contributed by atoms with E-state index in [-0.39, 0.29) is 5.91 Å². The molecule has 0 aliphatic carbocycles. The van der Waals surface area contributed by atoms with Crippen LogP contribution in [0.15, 0.2) is 79.0 Å². The Balaban J connectivity index is 1.43. The predicted octanol–water partition coefficient (Wildman–Crippen LogP) is 2.95. The number of para-hydroxylation sites is 1. The van der Waals surface area contributed by atoms with Crippen LogP contribution in [0, 0.1) is 0 Å². The Bertz CT molecular complexity index is 1000. The number of nitrogens with one attached hydrogen (secondary N) is 1. The molecule has 1 aliphatic rings. The minimum atomic E-state index is -0.585. The van der Waals surface area contributed by atoms with Gasteiger partial charge in [0.2, 0.25) is 0 Å². The van der Waals surface area contributed by atoms with Gasteiger partial charge in [-0.05, 0) is 36.2 Å². The summed E-state index contributed by atoms with van der Waals surface area (Å²) >= 11 is 0. The van der Waals surface area contributed by atoms with Gasteiger partial charge in [-0.3, -0.25) is 4.79 Å². The second kappa shape index (κ2) is 9.89. The highest BCUT2D eigenvalue weighted by Crippen LogP contribution is 2.22. The van der Waals surface area contributed by atoms with Crippen LogP contribution >= 0.6 is 0 Å². The fourth-order valence-electron chi connectivity index (χ4n) is 3.89. The minimum absolute atomic E-state index is 0.276.